The minimum atomic E-state index is -3.65. The minimum Gasteiger partial charge on any atom is -0.378 e. The summed E-state index contributed by atoms with van der Waals surface area (Å²) in [6.45, 7) is 7.74. The lowest BCUT2D eigenvalue weighted by Gasteiger charge is -2.36. The first-order valence-electron chi connectivity index (χ1n) is 11.8. The lowest BCUT2D eigenvalue weighted by atomic mass is 9.96. The molecule has 3 aromatic rings. The van der Waals surface area contributed by atoms with Crippen LogP contribution in [0.4, 0.5) is 5.69 Å². The molecule has 1 aliphatic heterocycles. The summed E-state index contributed by atoms with van der Waals surface area (Å²) in [6.07, 6.45) is 0.964. The van der Waals surface area contributed by atoms with Crippen LogP contribution in [0.2, 0.25) is 0 Å². The van der Waals surface area contributed by atoms with Gasteiger partial charge in [0.25, 0.3) is 0 Å². The molecule has 0 radical (unpaired) electrons. The molecule has 4 rings (SSSR count). The van der Waals surface area contributed by atoms with Gasteiger partial charge in [0, 0.05) is 45.5 Å². The highest BCUT2D eigenvalue weighted by Crippen LogP contribution is 2.30. The van der Waals surface area contributed by atoms with E-state index in [4.69, 9.17) is 0 Å². The molecular weight excluding hydrogens is 442 g/mol. The first-order chi connectivity index (χ1) is 16.2. The Bertz CT molecular complexity index is 1240. The van der Waals surface area contributed by atoms with E-state index >= 15 is 0 Å². The smallest absolute Gasteiger partial charge is 0.241 e. The molecule has 34 heavy (non-hydrogen) atoms. The van der Waals surface area contributed by atoms with Crippen LogP contribution in [0.1, 0.15) is 39.4 Å². The Morgan fingerprint density at radius 1 is 0.941 bits per heavy atom. The summed E-state index contributed by atoms with van der Waals surface area (Å²) < 4.78 is 29.8. The number of benzene rings is 3. The number of rotatable bonds is 7. The number of hydrogen-bond acceptors (Lipinski definition) is 4. The molecule has 0 saturated heterocycles. The normalized spacial score (nSPS) is 15.1. The number of sulfonamides is 1. The van der Waals surface area contributed by atoms with E-state index in [-0.39, 0.29) is 6.04 Å². The largest absolute Gasteiger partial charge is 0.378 e. The SMILES string of the molecule is Cc1cc(C)c(S(=O)(=O)NCC(c2ccc(N(C)C)cc2)N2CCc3ccccc3C2)c(C)c1. The van der Waals surface area contributed by atoms with Crippen LogP contribution in [0.3, 0.4) is 0 Å². The number of aryl methyl sites for hydroxylation is 3. The number of anilines is 1. The molecule has 5 nitrogen and oxygen atoms in total. The third kappa shape index (κ3) is 5.19. The van der Waals surface area contributed by atoms with Crippen molar-refractivity contribution in [3.63, 3.8) is 0 Å². The summed E-state index contributed by atoms with van der Waals surface area (Å²) in [4.78, 5) is 4.86. The minimum absolute atomic E-state index is 0.0644. The predicted molar refractivity (Wildman–Crippen MR) is 140 cm³/mol. The predicted octanol–water partition coefficient (Wildman–Crippen LogP) is 4.76. The van der Waals surface area contributed by atoms with Crippen LogP contribution >= 0.6 is 0 Å². The zero-order valence-corrected chi connectivity index (χ0v) is 21.6. The lowest BCUT2D eigenvalue weighted by Crippen LogP contribution is -2.40. The second kappa shape index (κ2) is 9.90. The highest BCUT2D eigenvalue weighted by molar-refractivity contribution is 7.89. The average molecular weight is 478 g/mol. The number of nitrogens with one attached hydrogen (secondary N) is 1. The van der Waals surface area contributed by atoms with Crippen LogP contribution in [-0.2, 0) is 23.0 Å². The van der Waals surface area contributed by atoms with E-state index in [0.29, 0.717) is 11.4 Å². The molecule has 1 N–H and O–H groups in total. The van der Waals surface area contributed by atoms with Crippen molar-refractivity contribution in [1.82, 2.24) is 9.62 Å². The quantitative estimate of drug-likeness (QED) is 0.533. The van der Waals surface area contributed by atoms with Crippen LogP contribution in [-0.4, -0.2) is 40.5 Å². The molecule has 0 aromatic heterocycles. The highest BCUT2D eigenvalue weighted by Gasteiger charge is 2.28. The van der Waals surface area contributed by atoms with Crippen LogP contribution in [0.5, 0.6) is 0 Å². The van der Waals surface area contributed by atoms with E-state index in [1.807, 2.05) is 47.0 Å². The Morgan fingerprint density at radius 2 is 1.56 bits per heavy atom. The molecule has 0 aliphatic carbocycles. The topological polar surface area (TPSA) is 52.7 Å². The van der Waals surface area contributed by atoms with E-state index in [0.717, 1.165) is 47.5 Å². The van der Waals surface area contributed by atoms with Crippen molar-refractivity contribution >= 4 is 15.7 Å². The Balaban J connectivity index is 1.64. The molecule has 1 atom stereocenters. The van der Waals surface area contributed by atoms with Gasteiger partial charge >= 0.3 is 0 Å². The van der Waals surface area contributed by atoms with Gasteiger partial charge in [-0.3, -0.25) is 4.90 Å². The molecular formula is C28H35N3O2S. The maximum Gasteiger partial charge on any atom is 0.241 e. The third-order valence-electron chi connectivity index (χ3n) is 6.74. The first-order valence-corrected chi connectivity index (χ1v) is 13.3. The molecule has 0 spiro atoms. The maximum atomic E-state index is 13.4. The van der Waals surface area contributed by atoms with E-state index < -0.39 is 10.0 Å². The number of fused-ring (bicyclic) bond motifs is 1. The van der Waals surface area contributed by atoms with Gasteiger partial charge in [0.1, 0.15) is 0 Å². The van der Waals surface area contributed by atoms with Crippen molar-refractivity contribution in [1.29, 1.82) is 0 Å². The zero-order valence-electron chi connectivity index (χ0n) is 20.8. The fraction of sp³-hybridized carbons (Fsp3) is 0.357. The summed E-state index contributed by atoms with van der Waals surface area (Å²) in [5.41, 5.74) is 7.57. The summed E-state index contributed by atoms with van der Waals surface area (Å²) in [6, 6.07) is 20.8. The van der Waals surface area contributed by atoms with Crippen molar-refractivity contribution in [2.45, 2.75) is 44.7 Å². The standard InChI is InChI=1S/C28H35N3O2S/c1-20-16-21(2)28(22(3)17-20)34(32,33)29-18-27(24-10-12-26(13-11-24)30(4)5)31-15-14-23-8-6-7-9-25(23)19-31/h6-13,16-17,27,29H,14-15,18-19H2,1-5H3. The summed E-state index contributed by atoms with van der Waals surface area (Å²) in [5.74, 6) is 0. The van der Waals surface area contributed by atoms with Gasteiger partial charge in [0.05, 0.1) is 4.90 Å². The molecule has 0 bridgehead atoms. The van der Waals surface area contributed by atoms with Crippen molar-refractivity contribution < 1.29 is 8.42 Å². The van der Waals surface area contributed by atoms with Gasteiger partial charge in [-0.25, -0.2) is 13.1 Å². The second-order valence-electron chi connectivity index (χ2n) is 9.57. The van der Waals surface area contributed by atoms with Crippen molar-refractivity contribution in [3.05, 3.63) is 94.0 Å². The Morgan fingerprint density at radius 3 is 2.18 bits per heavy atom. The molecule has 0 saturated carbocycles. The van der Waals surface area contributed by atoms with Gasteiger partial charge < -0.3 is 4.90 Å². The molecule has 3 aromatic carbocycles. The number of nitrogens with zero attached hydrogens (tertiary/aromatic N) is 2. The Labute approximate surface area is 204 Å². The van der Waals surface area contributed by atoms with Crippen LogP contribution in [0.15, 0.2) is 65.6 Å². The van der Waals surface area contributed by atoms with Crippen LogP contribution in [0.25, 0.3) is 0 Å². The van der Waals surface area contributed by atoms with Crippen LogP contribution < -0.4 is 9.62 Å². The lowest BCUT2D eigenvalue weighted by molar-refractivity contribution is 0.180. The van der Waals surface area contributed by atoms with Crippen molar-refractivity contribution in [3.8, 4) is 0 Å². The van der Waals surface area contributed by atoms with Crippen LogP contribution in [0, 0.1) is 20.8 Å². The monoisotopic (exact) mass is 477 g/mol. The van der Waals surface area contributed by atoms with E-state index in [2.05, 4.69) is 63.1 Å². The summed E-state index contributed by atoms with van der Waals surface area (Å²) in [5, 5.41) is 0. The van der Waals surface area contributed by atoms with Gasteiger partial charge in [-0.2, -0.15) is 0 Å². The first kappa shape index (κ1) is 24.5. The van der Waals surface area contributed by atoms with Gasteiger partial charge in [-0.1, -0.05) is 54.1 Å². The summed E-state index contributed by atoms with van der Waals surface area (Å²) >= 11 is 0. The van der Waals surface area contributed by atoms with Crippen molar-refractivity contribution in [2.75, 3.05) is 32.1 Å². The van der Waals surface area contributed by atoms with E-state index in [1.165, 1.54) is 11.1 Å². The zero-order chi connectivity index (χ0) is 24.5. The molecule has 180 valence electrons. The number of hydrogen-bond donors (Lipinski definition) is 1. The summed E-state index contributed by atoms with van der Waals surface area (Å²) in [7, 11) is 0.397. The van der Waals surface area contributed by atoms with Gasteiger partial charge in [-0.05, 0) is 67.1 Å². The molecule has 0 amide bonds. The second-order valence-corrected chi connectivity index (χ2v) is 11.3. The molecule has 1 heterocycles. The molecule has 0 fully saturated rings. The fourth-order valence-electron chi connectivity index (χ4n) is 5.09. The Kier molecular flexibility index (Phi) is 7.12. The molecule has 1 unspecified atom stereocenters. The highest BCUT2D eigenvalue weighted by atomic mass is 32.2. The third-order valence-corrected chi connectivity index (χ3v) is 8.46. The molecule has 1 aliphatic rings. The Hall–Kier alpha value is -2.67. The van der Waals surface area contributed by atoms with Gasteiger partial charge in [0.15, 0.2) is 0 Å². The van der Waals surface area contributed by atoms with Crippen molar-refractivity contribution in [2.24, 2.45) is 0 Å². The molecule has 6 heteroatoms. The fourth-order valence-corrected chi connectivity index (χ4v) is 6.57. The van der Waals surface area contributed by atoms with E-state index in [9.17, 15) is 8.42 Å². The van der Waals surface area contributed by atoms with Gasteiger partial charge in [-0.15, -0.1) is 0 Å². The van der Waals surface area contributed by atoms with E-state index in [1.54, 1.807) is 0 Å². The average Bonchev–Trinajstić information content (AvgIpc) is 2.78. The van der Waals surface area contributed by atoms with Gasteiger partial charge in [0.2, 0.25) is 10.0 Å². The maximum absolute atomic E-state index is 13.4.